The monoisotopic (exact) mass is 485 g/mol. The van der Waals surface area contributed by atoms with Crippen LogP contribution in [0.5, 0.6) is 0 Å². The van der Waals surface area contributed by atoms with Crippen molar-refractivity contribution in [3.8, 4) is 22.6 Å². The number of hydrogen-bond donors (Lipinski definition) is 0. The SMILES string of the molecule is O=C(COC1CCCc2ccccc21)OCSCc1nc(-c2ccccc2)c(-c2ccccc2)o1. The van der Waals surface area contributed by atoms with Gasteiger partial charge in [-0.25, -0.2) is 9.78 Å². The molecule has 0 radical (unpaired) electrons. The second-order valence-corrected chi connectivity index (χ2v) is 9.32. The largest absolute Gasteiger partial charge is 0.453 e. The van der Waals surface area contributed by atoms with E-state index in [0.717, 1.165) is 41.8 Å². The predicted molar refractivity (Wildman–Crippen MR) is 138 cm³/mol. The summed E-state index contributed by atoms with van der Waals surface area (Å²) < 4.78 is 17.4. The lowest BCUT2D eigenvalue weighted by molar-refractivity contribution is -0.149. The summed E-state index contributed by atoms with van der Waals surface area (Å²) in [5.41, 5.74) is 5.28. The van der Waals surface area contributed by atoms with Crippen molar-refractivity contribution in [3.05, 3.63) is 102 Å². The van der Waals surface area contributed by atoms with Gasteiger partial charge in [-0.05, 0) is 30.4 Å². The number of fused-ring (bicyclic) bond motifs is 1. The topological polar surface area (TPSA) is 61.6 Å². The number of nitrogens with zero attached hydrogens (tertiary/aromatic N) is 1. The minimum absolute atomic E-state index is 0.0414. The molecule has 178 valence electrons. The van der Waals surface area contributed by atoms with Crippen LogP contribution < -0.4 is 0 Å². The molecule has 0 fully saturated rings. The molecule has 1 aliphatic carbocycles. The summed E-state index contributed by atoms with van der Waals surface area (Å²) in [6, 6.07) is 28.2. The predicted octanol–water partition coefficient (Wildman–Crippen LogP) is 6.84. The summed E-state index contributed by atoms with van der Waals surface area (Å²) in [6.07, 6.45) is 3.02. The first-order valence-electron chi connectivity index (χ1n) is 11.8. The van der Waals surface area contributed by atoms with Crippen molar-refractivity contribution in [2.24, 2.45) is 0 Å². The lowest BCUT2D eigenvalue weighted by Crippen LogP contribution is -2.18. The fourth-order valence-corrected chi connectivity index (χ4v) is 4.93. The summed E-state index contributed by atoms with van der Waals surface area (Å²) in [5.74, 6) is 1.69. The summed E-state index contributed by atoms with van der Waals surface area (Å²) in [6.45, 7) is -0.0468. The first kappa shape index (κ1) is 23.4. The van der Waals surface area contributed by atoms with Crippen LogP contribution in [0.15, 0.2) is 89.3 Å². The van der Waals surface area contributed by atoms with E-state index in [1.807, 2.05) is 72.8 Å². The molecule has 1 aromatic heterocycles. The molecule has 3 aromatic carbocycles. The zero-order valence-electron chi connectivity index (χ0n) is 19.4. The van der Waals surface area contributed by atoms with Crippen LogP contribution in [0.2, 0.25) is 0 Å². The molecule has 0 spiro atoms. The number of benzene rings is 3. The number of carbonyl (C=O) groups is 1. The van der Waals surface area contributed by atoms with Gasteiger partial charge in [0.2, 0.25) is 5.89 Å². The lowest BCUT2D eigenvalue weighted by Gasteiger charge is -2.25. The second-order valence-electron chi connectivity index (χ2n) is 8.39. The number of esters is 1. The third kappa shape index (κ3) is 5.84. The van der Waals surface area contributed by atoms with Crippen molar-refractivity contribution in [2.45, 2.75) is 31.1 Å². The van der Waals surface area contributed by atoms with Gasteiger partial charge in [-0.1, -0.05) is 84.9 Å². The zero-order valence-corrected chi connectivity index (χ0v) is 20.2. The minimum atomic E-state index is -0.358. The Labute approximate surface area is 209 Å². The average Bonchev–Trinajstić information content (AvgIpc) is 3.35. The Kier molecular flexibility index (Phi) is 7.61. The van der Waals surface area contributed by atoms with Crippen LogP contribution >= 0.6 is 11.8 Å². The summed E-state index contributed by atoms with van der Waals surface area (Å²) in [7, 11) is 0. The normalized spacial score (nSPS) is 14.9. The van der Waals surface area contributed by atoms with Gasteiger partial charge >= 0.3 is 5.97 Å². The number of aryl methyl sites for hydroxylation is 1. The third-order valence-corrected chi connectivity index (χ3v) is 6.74. The quantitative estimate of drug-likeness (QED) is 0.147. The Bertz CT molecular complexity index is 1200. The number of thioether (sulfide) groups is 1. The maximum absolute atomic E-state index is 12.2. The molecular weight excluding hydrogens is 458 g/mol. The van der Waals surface area contributed by atoms with Crippen LogP contribution in [0, 0.1) is 0 Å². The van der Waals surface area contributed by atoms with Crippen LogP contribution in [0.4, 0.5) is 0 Å². The second kappa shape index (κ2) is 11.4. The maximum Gasteiger partial charge on any atom is 0.332 e. The van der Waals surface area contributed by atoms with Crippen molar-refractivity contribution in [1.29, 1.82) is 0 Å². The maximum atomic E-state index is 12.2. The Morgan fingerprint density at radius 2 is 1.66 bits per heavy atom. The van der Waals surface area contributed by atoms with Crippen LogP contribution in [0.3, 0.4) is 0 Å². The summed E-state index contributed by atoms with van der Waals surface area (Å²) in [4.78, 5) is 17.0. The highest BCUT2D eigenvalue weighted by Gasteiger charge is 2.21. The molecule has 35 heavy (non-hydrogen) atoms. The van der Waals surface area contributed by atoms with E-state index in [4.69, 9.17) is 18.9 Å². The van der Waals surface area contributed by atoms with Crippen molar-refractivity contribution in [3.63, 3.8) is 0 Å². The van der Waals surface area contributed by atoms with E-state index in [1.165, 1.54) is 22.9 Å². The molecule has 0 saturated heterocycles. The molecule has 6 heteroatoms. The molecule has 0 amide bonds. The van der Waals surface area contributed by atoms with E-state index >= 15 is 0 Å². The summed E-state index contributed by atoms with van der Waals surface area (Å²) in [5, 5.41) is 0. The van der Waals surface area contributed by atoms with Gasteiger partial charge in [0.25, 0.3) is 0 Å². The van der Waals surface area contributed by atoms with Crippen LogP contribution in [-0.2, 0) is 26.4 Å². The van der Waals surface area contributed by atoms with Gasteiger partial charge in [-0.2, -0.15) is 0 Å². The molecule has 0 N–H and O–H groups in total. The molecule has 1 unspecified atom stereocenters. The van der Waals surface area contributed by atoms with Crippen molar-refractivity contribution in [2.75, 3.05) is 12.5 Å². The fraction of sp³-hybridized carbons (Fsp3) is 0.241. The Hall–Kier alpha value is -3.35. The molecule has 1 atom stereocenters. The smallest absolute Gasteiger partial charge is 0.332 e. The van der Waals surface area contributed by atoms with Gasteiger partial charge in [-0.3, -0.25) is 0 Å². The molecule has 1 aliphatic rings. The van der Waals surface area contributed by atoms with Gasteiger partial charge in [0.15, 0.2) is 5.76 Å². The Morgan fingerprint density at radius 3 is 2.46 bits per heavy atom. The average molecular weight is 486 g/mol. The van der Waals surface area contributed by atoms with E-state index in [-0.39, 0.29) is 24.6 Å². The van der Waals surface area contributed by atoms with Crippen molar-refractivity contribution < 1.29 is 18.7 Å². The van der Waals surface area contributed by atoms with Crippen LogP contribution in [0.1, 0.15) is 36.0 Å². The lowest BCUT2D eigenvalue weighted by atomic mass is 9.89. The van der Waals surface area contributed by atoms with Gasteiger partial charge < -0.3 is 13.9 Å². The van der Waals surface area contributed by atoms with E-state index in [0.29, 0.717) is 11.6 Å². The van der Waals surface area contributed by atoms with Gasteiger partial charge in [0.1, 0.15) is 18.2 Å². The van der Waals surface area contributed by atoms with Crippen LogP contribution in [0.25, 0.3) is 22.6 Å². The van der Waals surface area contributed by atoms with E-state index in [1.54, 1.807) is 0 Å². The molecule has 0 bridgehead atoms. The number of aromatic nitrogens is 1. The highest BCUT2D eigenvalue weighted by atomic mass is 32.2. The van der Waals surface area contributed by atoms with Gasteiger partial charge in [0.05, 0.1) is 11.9 Å². The fourth-order valence-electron chi connectivity index (χ4n) is 4.33. The van der Waals surface area contributed by atoms with Crippen molar-refractivity contribution >= 4 is 17.7 Å². The highest BCUT2D eigenvalue weighted by molar-refractivity contribution is 7.98. The summed E-state index contributed by atoms with van der Waals surface area (Å²) >= 11 is 1.44. The van der Waals surface area contributed by atoms with E-state index < -0.39 is 0 Å². The standard InChI is InChI=1S/C29H27NO4S/c31-27(18-32-25-17-9-15-21-10-7-8-16-24(21)25)33-20-35-19-26-30-28(22-11-3-1-4-12-22)29(34-26)23-13-5-2-6-14-23/h1-8,10-14,16,25H,9,15,17-20H2. The third-order valence-electron chi connectivity index (χ3n) is 6.00. The number of carbonyl (C=O) groups excluding carboxylic acids is 1. The van der Waals surface area contributed by atoms with E-state index in [2.05, 4.69) is 12.1 Å². The molecule has 1 heterocycles. The first-order chi connectivity index (χ1) is 17.3. The molecule has 0 saturated carbocycles. The molecule has 5 nitrogen and oxygen atoms in total. The zero-order chi connectivity index (χ0) is 23.9. The molecule has 5 rings (SSSR count). The van der Waals surface area contributed by atoms with Gasteiger partial charge in [0, 0.05) is 11.1 Å². The number of ether oxygens (including phenoxy) is 2. The van der Waals surface area contributed by atoms with Crippen LogP contribution in [-0.4, -0.2) is 23.5 Å². The van der Waals surface area contributed by atoms with Crippen molar-refractivity contribution in [1.82, 2.24) is 4.98 Å². The minimum Gasteiger partial charge on any atom is -0.453 e. The molecule has 4 aromatic rings. The number of oxazole rings is 1. The number of hydrogen-bond acceptors (Lipinski definition) is 6. The Balaban J connectivity index is 1.14. The van der Waals surface area contributed by atoms with Gasteiger partial charge in [-0.15, -0.1) is 11.8 Å². The molecule has 0 aliphatic heterocycles. The van der Waals surface area contributed by atoms with E-state index in [9.17, 15) is 4.79 Å². The first-order valence-corrected chi connectivity index (χ1v) is 13.0. The number of rotatable bonds is 9. The Morgan fingerprint density at radius 1 is 0.943 bits per heavy atom. The molecular formula is C29H27NO4S. The highest BCUT2D eigenvalue weighted by Crippen LogP contribution is 2.34.